The monoisotopic (exact) mass is 433 g/mol. The van der Waals surface area contributed by atoms with Gasteiger partial charge in [-0.25, -0.2) is 0 Å². The number of halogens is 1. The fourth-order valence-electron chi connectivity index (χ4n) is 3.61. The number of hydrogen-bond acceptors (Lipinski definition) is 6. The van der Waals surface area contributed by atoms with Gasteiger partial charge in [-0.05, 0) is 49.2 Å². The number of ether oxygens (including phenoxy) is 4. The Labute approximate surface area is 180 Å². The minimum absolute atomic E-state index is 0.174. The Morgan fingerprint density at radius 1 is 1.10 bits per heavy atom. The van der Waals surface area contributed by atoms with E-state index in [-0.39, 0.29) is 6.61 Å². The summed E-state index contributed by atoms with van der Waals surface area (Å²) in [4.78, 5) is 26.0. The Morgan fingerprint density at radius 2 is 1.77 bits per heavy atom. The lowest BCUT2D eigenvalue weighted by Crippen LogP contribution is -2.34. The zero-order chi connectivity index (χ0) is 21.9. The van der Waals surface area contributed by atoms with E-state index in [9.17, 15) is 9.59 Å². The molecule has 1 amide bonds. The first-order valence-corrected chi connectivity index (χ1v) is 9.83. The molecule has 0 heterocycles. The Balaban J connectivity index is 1.97. The largest absolute Gasteiger partial charge is 0.493 e. The highest BCUT2D eigenvalue weighted by molar-refractivity contribution is 6.31. The molecule has 1 aliphatic carbocycles. The van der Waals surface area contributed by atoms with Crippen molar-refractivity contribution in [1.82, 2.24) is 0 Å². The topological polar surface area (TPSA) is 83.1 Å². The van der Waals surface area contributed by atoms with Crippen molar-refractivity contribution in [2.75, 3.05) is 33.3 Å². The molecule has 0 aliphatic heterocycles. The Morgan fingerprint density at radius 3 is 2.30 bits per heavy atom. The van der Waals surface area contributed by atoms with Crippen molar-refractivity contribution in [3.63, 3.8) is 0 Å². The van der Waals surface area contributed by atoms with Crippen molar-refractivity contribution in [3.05, 3.63) is 47.0 Å². The van der Waals surface area contributed by atoms with Gasteiger partial charge in [-0.15, -0.1) is 0 Å². The molecule has 1 fully saturated rings. The van der Waals surface area contributed by atoms with E-state index >= 15 is 0 Å². The second kappa shape index (κ2) is 8.83. The number of benzene rings is 2. The number of carbonyl (C=O) groups is 2. The lowest BCUT2D eigenvalue weighted by Gasteiger charge is -2.18. The molecular weight excluding hydrogens is 410 g/mol. The Hall–Kier alpha value is -2.93. The van der Waals surface area contributed by atoms with E-state index < -0.39 is 23.2 Å². The third kappa shape index (κ3) is 3.89. The molecule has 2 unspecified atom stereocenters. The summed E-state index contributed by atoms with van der Waals surface area (Å²) in [6.07, 6.45) is 0.302. The van der Waals surface area contributed by atoms with E-state index in [4.69, 9.17) is 30.5 Å². The first-order valence-electron chi connectivity index (χ1n) is 9.45. The van der Waals surface area contributed by atoms with Crippen LogP contribution >= 0.6 is 11.6 Å². The van der Waals surface area contributed by atoms with Gasteiger partial charge in [-0.2, -0.15) is 0 Å². The molecule has 0 bridgehead atoms. The van der Waals surface area contributed by atoms with E-state index in [1.54, 1.807) is 43.3 Å². The summed E-state index contributed by atoms with van der Waals surface area (Å²) in [6.45, 7) is 1.88. The molecule has 0 spiro atoms. The number of hydrogen-bond donors (Lipinski definition) is 1. The Bertz CT molecular complexity index is 937. The summed E-state index contributed by atoms with van der Waals surface area (Å²) in [5.74, 6) is -0.0669. The van der Waals surface area contributed by atoms with Crippen LogP contribution in [0, 0.1) is 5.41 Å². The maximum atomic E-state index is 13.2. The van der Waals surface area contributed by atoms with Crippen molar-refractivity contribution in [1.29, 1.82) is 0 Å². The quantitative estimate of drug-likeness (QED) is 0.499. The van der Waals surface area contributed by atoms with Crippen LogP contribution in [0.2, 0.25) is 5.02 Å². The zero-order valence-electron chi connectivity index (χ0n) is 17.3. The standard InChI is InChI=1S/C22H24ClNO6/c1-5-30-21(26)22(20(25)24-15-8-6-7-14(23)11-15)12-16(22)13-9-17(27-2)19(29-4)18(10-13)28-3/h6-11,16H,5,12H2,1-4H3,(H,24,25). The molecule has 1 saturated carbocycles. The van der Waals surface area contributed by atoms with Gasteiger partial charge in [-0.3, -0.25) is 9.59 Å². The molecular formula is C22H24ClNO6. The fourth-order valence-corrected chi connectivity index (χ4v) is 3.80. The van der Waals surface area contributed by atoms with E-state index in [1.807, 2.05) is 0 Å². The van der Waals surface area contributed by atoms with Crippen LogP contribution in [0.3, 0.4) is 0 Å². The smallest absolute Gasteiger partial charge is 0.322 e. The van der Waals surface area contributed by atoms with Crippen LogP contribution in [-0.2, 0) is 14.3 Å². The number of nitrogens with one attached hydrogen (secondary N) is 1. The van der Waals surface area contributed by atoms with Crippen LogP contribution in [0.25, 0.3) is 0 Å². The summed E-state index contributed by atoms with van der Waals surface area (Å²) in [5, 5.41) is 3.27. The summed E-state index contributed by atoms with van der Waals surface area (Å²) >= 11 is 6.01. The summed E-state index contributed by atoms with van der Waals surface area (Å²) in [6, 6.07) is 10.3. The van der Waals surface area contributed by atoms with Crippen LogP contribution in [-0.4, -0.2) is 39.8 Å². The van der Waals surface area contributed by atoms with E-state index in [0.29, 0.717) is 34.4 Å². The molecule has 2 aromatic carbocycles. The minimum Gasteiger partial charge on any atom is -0.493 e. The molecule has 2 aromatic rings. The van der Waals surface area contributed by atoms with Crippen molar-refractivity contribution < 1.29 is 28.5 Å². The molecule has 160 valence electrons. The minimum atomic E-state index is -1.34. The van der Waals surface area contributed by atoms with Gasteiger partial charge in [0.15, 0.2) is 16.9 Å². The maximum absolute atomic E-state index is 13.2. The van der Waals surface area contributed by atoms with Crippen LogP contribution < -0.4 is 19.5 Å². The molecule has 1 aliphatic rings. The van der Waals surface area contributed by atoms with Gasteiger partial charge >= 0.3 is 5.97 Å². The van der Waals surface area contributed by atoms with E-state index in [0.717, 1.165) is 5.56 Å². The van der Waals surface area contributed by atoms with Gasteiger partial charge < -0.3 is 24.3 Å². The van der Waals surface area contributed by atoms with E-state index in [1.165, 1.54) is 21.3 Å². The molecule has 0 radical (unpaired) electrons. The summed E-state index contributed by atoms with van der Waals surface area (Å²) in [7, 11) is 4.54. The van der Waals surface area contributed by atoms with Gasteiger partial charge in [0.1, 0.15) is 0 Å². The molecule has 8 heteroatoms. The van der Waals surface area contributed by atoms with Crippen LogP contribution in [0.5, 0.6) is 17.2 Å². The van der Waals surface area contributed by atoms with Crippen molar-refractivity contribution in [2.24, 2.45) is 5.41 Å². The normalized spacial score (nSPS) is 19.6. The third-order valence-electron chi connectivity index (χ3n) is 5.18. The molecule has 0 saturated heterocycles. The molecule has 0 aromatic heterocycles. The number of rotatable bonds is 8. The van der Waals surface area contributed by atoms with Crippen molar-refractivity contribution in [2.45, 2.75) is 19.3 Å². The molecule has 3 rings (SSSR count). The van der Waals surface area contributed by atoms with Crippen molar-refractivity contribution in [3.8, 4) is 17.2 Å². The number of anilines is 1. The number of esters is 1. The van der Waals surface area contributed by atoms with Gasteiger partial charge in [0.05, 0.1) is 27.9 Å². The average Bonchev–Trinajstić information content (AvgIpc) is 3.50. The van der Waals surface area contributed by atoms with Gasteiger partial charge in [-0.1, -0.05) is 17.7 Å². The third-order valence-corrected chi connectivity index (χ3v) is 5.41. The second-order valence-corrected chi connectivity index (χ2v) is 7.31. The van der Waals surface area contributed by atoms with Crippen molar-refractivity contribution >= 4 is 29.2 Å². The highest BCUT2D eigenvalue weighted by Gasteiger charge is 2.67. The van der Waals surface area contributed by atoms with Crippen LogP contribution in [0.1, 0.15) is 24.8 Å². The lowest BCUT2D eigenvalue weighted by molar-refractivity contribution is -0.153. The fraction of sp³-hybridized carbons (Fsp3) is 0.364. The van der Waals surface area contributed by atoms with Crippen LogP contribution in [0.15, 0.2) is 36.4 Å². The van der Waals surface area contributed by atoms with E-state index in [2.05, 4.69) is 5.32 Å². The summed E-state index contributed by atoms with van der Waals surface area (Å²) in [5.41, 5.74) is -0.117. The SMILES string of the molecule is CCOC(=O)C1(C(=O)Nc2cccc(Cl)c2)CC1c1cc(OC)c(OC)c(OC)c1. The first-order chi connectivity index (χ1) is 14.4. The highest BCUT2D eigenvalue weighted by atomic mass is 35.5. The van der Waals surface area contributed by atoms with Gasteiger partial charge in [0, 0.05) is 16.6 Å². The maximum Gasteiger partial charge on any atom is 0.322 e. The predicted octanol–water partition coefficient (Wildman–Crippen LogP) is 4.04. The highest BCUT2D eigenvalue weighted by Crippen LogP contribution is 2.62. The summed E-state index contributed by atoms with van der Waals surface area (Å²) < 4.78 is 21.4. The van der Waals surface area contributed by atoms with Gasteiger partial charge in [0.25, 0.3) is 0 Å². The average molecular weight is 434 g/mol. The molecule has 30 heavy (non-hydrogen) atoms. The molecule has 2 atom stereocenters. The molecule has 7 nitrogen and oxygen atoms in total. The number of methoxy groups -OCH3 is 3. The zero-order valence-corrected chi connectivity index (χ0v) is 18.0. The predicted molar refractivity (Wildman–Crippen MR) is 113 cm³/mol. The first kappa shape index (κ1) is 21.8. The number of amides is 1. The van der Waals surface area contributed by atoms with Crippen LogP contribution in [0.4, 0.5) is 5.69 Å². The second-order valence-electron chi connectivity index (χ2n) is 6.87. The Kier molecular flexibility index (Phi) is 6.41. The molecule has 1 N–H and O–H groups in total. The van der Waals surface area contributed by atoms with Gasteiger partial charge in [0.2, 0.25) is 11.7 Å². The number of carbonyl (C=O) groups excluding carboxylic acids is 2. The lowest BCUT2D eigenvalue weighted by atomic mass is 9.97.